The van der Waals surface area contributed by atoms with Crippen LogP contribution >= 0.6 is 0 Å². The van der Waals surface area contributed by atoms with Crippen molar-refractivity contribution >= 4 is 0 Å². The van der Waals surface area contributed by atoms with Gasteiger partial charge in [-0.05, 0) is 73.0 Å². The Balaban J connectivity index is 1.71. The zero-order valence-electron chi connectivity index (χ0n) is 15.6. The molecule has 0 nitrogen and oxygen atoms in total. The minimum atomic E-state index is 0.874. The molecule has 3 aliphatic rings. The van der Waals surface area contributed by atoms with Crippen molar-refractivity contribution in [3.05, 3.63) is 34.9 Å². The molecule has 0 heteroatoms. The Bertz CT molecular complexity index is 475. The van der Waals surface area contributed by atoms with Crippen molar-refractivity contribution in [3.8, 4) is 0 Å². The summed E-state index contributed by atoms with van der Waals surface area (Å²) in [5, 5.41) is 0. The Morgan fingerprint density at radius 1 is 0.458 bits per heavy atom. The lowest BCUT2D eigenvalue weighted by Gasteiger charge is -2.34. The summed E-state index contributed by atoms with van der Waals surface area (Å²) in [6.45, 7) is 0. The number of rotatable bonds is 3. The third-order valence-electron chi connectivity index (χ3n) is 7.28. The van der Waals surface area contributed by atoms with E-state index in [-0.39, 0.29) is 0 Å². The smallest absolute Gasteiger partial charge is 0.0156 e. The summed E-state index contributed by atoms with van der Waals surface area (Å²) < 4.78 is 0. The van der Waals surface area contributed by atoms with Crippen LogP contribution in [0.4, 0.5) is 0 Å². The standard InChI is InChI=1S/C24H36/c1-4-11-19(12-5-1)22-17-10-18-23(20-13-6-2-7-14-20)24(22)21-15-8-3-9-16-21/h10,17-21H,1-9,11-16H2. The first-order valence-corrected chi connectivity index (χ1v) is 11.1. The molecule has 1 aromatic carbocycles. The zero-order chi connectivity index (χ0) is 16.2. The van der Waals surface area contributed by atoms with Crippen LogP contribution in [0.5, 0.6) is 0 Å². The Labute approximate surface area is 149 Å². The predicted molar refractivity (Wildman–Crippen MR) is 104 cm³/mol. The van der Waals surface area contributed by atoms with Crippen LogP contribution in [0.2, 0.25) is 0 Å². The molecule has 4 rings (SSSR count). The molecule has 0 bridgehead atoms. The molecule has 0 aliphatic heterocycles. The van der Waals surface area contributed by atoms with Crippen molar-refractivity contribution in [2.24, 2.45) is 0 Å². The van der Waals surface area contributed by atoms with Gasteiger partial charge in [0.05, 0.1) is 0 Å². The Morgan fingerprint density at radius 3 is 1.25 bits per heavy atom. The number of hydrogen-bond donors (Lipinski definition) is 0. The molecule has 0 saturated heterocycles. The van der Waals surface area contributed by atoms with E-state index >= 15 is 0 Å². The van der Waals surface area contributed by atoms with E-state index in [1.165, 1.54) is 96.3 Å². The van der Waals surface area contributed by atoms with E-state index in [2.05, 4.69) is 18.2 Å². The molecule has 1 aromatic rings. The maximum absolute atomic E-state index is 2.53. The summed E-state index contributed by atoms with van der Waals surface area (Å²) in [7, 11) is 0. The topological polar surface area (TPSA) is 0 Å². The number of hydrogen-bond acceptors (Lipinski definition) is 0. The lowest BCUT2D eigenvalue weighted by atomic mass is 9.71. The summed E-state index contributed by atoms with van der Waals surface area (Å²) in [5.41, 5.74) is 5.46. The second-order valence-electron chi connectivity index (χ2n) is 8.85. The van der Waals surface area contributed by atoms with Gasteiger partial charge in [0.25, 0.3) is 0 Å². The van der Waals surface area contributed by atoms with Crippen molar-refractivity contribution < 1.29 is 0 Å². The number of benzene rings is 1. The highest BCUT2D eigenvalue weighted by molar-refractivity contribution is 5.43. The predicted octanol–water partition coefficient (Wildman–Crippen LogP) is 7.83. The fourth-order valence-corrected chi connectivity index (χ4v) is 6.00. The molecule has 0 N–H and O–H groups in total. The molecule has 0 aromatic heterocycles. The fraction of sp³-hybridized carbons (Fsp3) is 0.750. The highest BCUT2D eigenvalue weighted by atomic mass is 14.3. The molecule has 0 heterocycles. The molecule has 0 unspecified atom stereocenters. The molecule has 24 heavy (non-hydrogen) atoms. The van der Waals surface area contributed by atoms with Crippen LogP contribution in [0.3, 0.4) is 0 Å². The first-order chi connectivity index (χ1) is 11.9. The van der Waals surface area contributed by atoms with Crippen LogP contribution in [0.15, 0.2) is 18.2 Å². The molecule has 3 aliphatic carbocycles. The van der Waals surface area contributed by atoms with E-state index < -0.39 is 0 Å². The molecule has 0 radical (unpaired) electrons. The van der Waals surface area contributed by atoms with Crippen LogP contribution < -0.4 is 0 Å². The molecular formula is C24H36. The van der Waals surface area contributed by atoms with Gasteiger partial charge in [-0.15, -0.1) is 0 Å². The van der Waals surface area contributed by atoms with Crippen molar-refractivity contribution in [2.45, 2.75) is 114 Å². The van der Waals surface area contributed by atoms with Gasteiger partial charge in [0.2, 0.25) is 0 Å². The summed E-state index contributed by atoms with van der Waals surface area (Å²) in [4.78, 5) is 0. The second-order valence-corrected chi connectivity index (χ2v) is 8.85. The van der Waals surface area contributed by atoms with Gasteiger partial charge in [-0.25, -0.2) is 0 Å². The average Bonchev–Trinajstić information content (AvgIpc) is 2.69. The van der Waals surface area contributed by atoms with Crippen LogP contribution in [0.25, 0.3) is 0 Å². The third-order valence-corrected chi connectivity index (χ3v) is 7.28. The first kappa shape index (κ1) is 16.7. The van der Waals surface area contributed by atoms with Crippen molar-refractivity contribution in [1.82, 2.24) is 0 Å². The van der Waals surface area contributed by atoms with Crippen molar-refractivity contribution in [2.75, 3.05) is 0 Å². The summed E-state index contributed by atoms with van der Waals surface area (Å²) in [5.74, 6) is 2.63. The van der Waals surface area contributed by atoms with Gasteiger partial charge < -0.3 is 0 Å². The van der Waals surface area contributed by atoms with E-state index in [9.17, 15) is 0 Å². The van der Waals surface area contributed by atoms with E-state index in [0.717, 1.165) is 17.8 Å². The first-order valence-electron chi connectivity index (χ1n) is 11.1. The molecule has 0 spiro atoms. The van der Waals surface area contributed by atoms with E-state index in [0.29, 0.717) is 0 Å². The van der Waals surface area contributed by atoms with Crippen molar-refractivity contribution in [3.63, 3.8) is 0 Å². The normalized spacial score (nSPS) is 25.0. The lowest BCUT2D eigenvalue weighted by molar-refractivity contribution is 0.404. The molecule has 0 atom stereocenters. The minimum absolute atomic E-state index is 0.874. The molecular weight excluding hydrogens is 288 g/mol. The highest BCUT2D eigenvalue weighted by Crippen LogP contribution is 2.46. The Kier molecular flexibility index (Phi) is 5.60. The SMILES string of the molecule is c1cc(C2CCCCC2)c(C2CCCCC2)c(C2CCCCC2)c1. The van der Waals surface area contributed by atoms with Crippen LogP contribution in [-0.4, -0.2) is 0 Å². The molecule has 3 fully saturated rings. The van der Waals surface area contributed by atoms with Gasteiger partial charge in [0.15, 0.2) is 0 Å². The van der Waals surface area contributed by atoms with Gasteiger partial charge in [-0.2, -0.15) is 0 Å². The molecule has 132 valence electrons. The fourth-order valence-electron chi connectivity index (χ4n) is 6.00. The Hall–Kier alpha value is -0.780. The lowest BCUT2D eigenvalue weighted by Crippen LogP contribution is -2.17. The monoisotopic (exact) mass is 324 g/mol. The maximum atomic E-state index is 2.53. The third kappa shape index (κ3) is 3.58. The second kappa shape index (κ2) is 8.07. The van der Waals surface area contributed by atoms with Gasteiger partial charge in [0, 0.05) is 0 Å². The zero-order valence-corrected chi connectivity index (χ0v) is 15.6. The van der Waals surface area contributed by atoms with Gasteiger partial charge >= 0.3 is 0 Å². The average molecular weight is 325 g/mol. The maximum Gasteiger partial charge on any atom is -0.0156 e. The van der Waals surface area contributed by atoms with Gasteiger partial charge in [-0.3, -0.25) is 0 Å². The van der Waals surface area contributed by atoms with E-state index in [4.69, 9.17) is 0 Å². The molecule has 0 amide bonds. The van der Waals surface area contributed by atoms with Crippen LogP contribution in [0, 0.1) is 0 Å². The van der Waals surface area contributed by atoms with Crippen LogP contribution in [0.1, 0.15) is 131 Å². The minimum Gasteiger partial charge on any atom is -0.0617 e. The largest absolute Gasteiger partial charge is 0.0617 e. The van der Waals surface area contributed by atoms with E-state index in [1.807, 2.05) is 5.56 Å². The molecule has 3 saturated carbocycles. The van der Waals surface area contributed by atoms with E-state index in [1.54, 1.807) is 11.1 Å². The summed E-state index contributed by atoms with van der Waals surface area (Å²) >= 11 is 0. The highest BCUT2D eigenvalue weighted by Gasteiger charge is 2.28. The summed E-state index contributed by atoms with van der Waals surface area (Å²) in [6.07, 6.45) is 21.9. The van der Waals surface area contributed by atoms with Crippen molar-refractivity contribution in [1.29, 1.82) is 0 Å². The van der Waals surface area contributed by atoms with Gasteiger partial charge in [0.1, 0.15) is 0 Å². The van der Waals surface area contributed by atoms with Crippen LogP contribution in [-0.2, 0) is 0 Å². The Morgan fingerprint density at radius 2 is 0.833 bits per heavy atom. The summed E-state index contributed by atoms with van der Waals surface area (Å²) in [6, 6.07) is 7.48. The quantitative estimate of drug-likeness (QED) is 0.531. The van der Waals surface area contributed by atoms with Gasteiger partial charge in [-0.1, -0.05) is 76.0 Å².